The predicted octanol–water partition coefficient (Wildman–Crippen LogP) is 3.46. The van der Waals surface area contributed by atoms with Crippen molar-refractivity contribution in [2.45, 2.75) is 17.7 Å². The van der Waals surface area contributed by atoms with Gasteiger partial charge in [-0.15, -0.1) is 0 Å². The van der Waals surface area contributed by atoms with E-state index >= 15 is 0 Å². The molecule has 1 amide bonds. The molecule has 2 heterocycles. The van der Waals surface area contributed by atoms with Crippen molar-refractivity contribution in [3.63, 3.8) is 0 Å². The number of sulfone groups is 1. The van der Waals surface area contributed by atoms with Crippen LogP contribution in [0.5, 0.6) is 0 Å². The number of halogens is 3. The van der Waals surface area contributed by atoms with Crippen molar-refractivity contribution in [3.05, 3.63) is 64.7 Å². The molecule has 0 bridgehead atoms. The lowest BCUT2D eigenvalue weighted by molar-refractivity contribution is -0.117. The van der Waals surface area contributed by atoms with Crippen molar-refractivity contribution in [1.29, 1.82) is 0 Å². The van der Waals surface area contributed by atoms with E-state index < -0.39 is 33.4 Å². The molecule has 2 fully saturated rings. The molecule has 10 heteroatoms. The van der Waals surface area contributed by atoms with Crippen LogP contribution in [0.15, 0.2) is 47.5 Å². The minimum Gasteiger partial charge on any atom is -0.313 e. The third-order valence-electron chi connectivity index (χ3n) is 4.76. The van der Waals surface area contributed by atoms with Crippen LogP contribution in [0.4, 0.5) is 14.5 Å². The molecule has 2 aliphatic rings. The Morgan fingerprint density at radius 1 is 1.21 bits per heavy atom. The highest BCUT2D eigenvalue weighted by Gasteiger charge is 2.50. The molecule has 5 nitrogen and oxygen atoms in total. The molecule has 0 radical (unpaired) electrons. The van der Waals surface area contributed by atoms with Crippen LogP contribution in [0.25, 0.3) is 0 Å². The molecule has 2 atom stereocenters. The van der Waals surface area contributed by atoms with E-state index in [0.29, 0.717) is 10.6 Å². The first-order valence-corrected chi connectivity index (χ1v) is 11.8. The number of hydrogen-bond acceptors (Lipinski definition) is 4. The number of hydrogen-bond donors (Lipinski definition) is 0. The van der Waals surface area contributed by atoms with E-state index in [9.17, 15) is 22.0 Å². The Morgan fingerprint density at radius 2 is 1.97 bits per heavy atom. The van der Waals surface area contributed by atoms with E-state index in [1.807, 2.05) is 0 Å². The first-order valence-electron chi connectivity index (χ1n) is 8.70. The van der Waals surface area contributed by atoms with Gasteiger partial charge in [-0.05, 0) is 23.8 Å². The van der Waals surface area contributed by atoms with Crippen molar-refractivity contribution in [3.8, 4) is 0 Å². The third-order valence-corrected chi connectivity index (χ3v) is 8.33. The molecule has 0 unspecified atom stereocenters. The van der Waals surface area contributed by atoms with Crippen LogP contribution in [0.2, 0.25) is 5.02 Å². The van der Waals surface area contributed by atoms with Crippen LogP contribution in [0, 0.1) is 11.6 Å². The van der Waals surface area contributed by atoms with Gasteiger partial charge in [0.25, 0.3) is 5.91 Å². The summed E-state index contributed by atoms with van der Waals surface area (Å²) in [4.78, 5) is 18.0. The van der Waals surface area contributed by atoms with Gasteiger partial charge in [-0.1, -0.05) is 41.6 Å². The predicted molar refractivity (Wildman–Crippen MR) is 110 cm³/mol. The van der Waals surface area contributed by atoms with Gasteiger partial charge in [-0.25, -0.2) is 17.2 Å². The second kappa shape index (κ2) is 7.70. The largest absolute Gasteiger partial charge is 0.313 e. The number of rotatable bonds is 3. The quantitative estimate of drug-likeness (QED) is 0.707. The lowest BCUT2D eigenvalue weighted by Crippen LogP contribution is -2.38. The van der Waals surface area contributed by atoms with E-state index in [2.05, 4.69) is 4.99 Å². The molecular formula is C19H15ClF2N2O3S2. The SMILES string of the molecule is O=C(Cc1ccccc1Cl)N=C1S[C@H]2CS(=O)(=O)C[C@@H]2N1c1ccc(F)cc1F. The first-order chi connectivity index (χ1) is 13.7. The van der Waals surface area contributed by atoms with Crippen molar-refractivity contribution in [2.24, 2.45) is 4.99 Å². The Balaban J connectivity index is 1.68. The zero-order valence-corrected chi connectivity index (χ0v) is 17.3. The van der Waals surface area contributed by atoms with Crippen LogP contribution in [-0.4, -0.2) is 42.3 Å². The second-order valence-corrected chi connectivity index (χ2v) is 10.6. The van der Waals surface area contributed by atoms with Gasteiger partial charge in [-0.2, -0.15) is 4.99 Å². The van der Waals surface area contributed by atoms with Crippen LogP contribution < -0.4 is 4.90 Å². The zero-order chi connectivity index (χ0) is 20.8. The molecule has 4 rings (SSSR count). The van der Waals surface area contributed by atoms with Crippen LogP contribution in [0.1, 0.15) is 5.56 Å². The highest BCUT2D eigenvalue weighted by Crippen LogP contribution is 2.41. The molecule has 0 aromatic heterocycles. The summed E-state index contributed by atoms with van der Waals surface area (Å²) in [7, 11) is -3.29. The molecule has 152 valence electrons. The van der Waals surface area contributed by atoms with Gasteiger partial charge < -0.3 is 4.90 Å². The Kier molecular flexibility index (Phi) is 5.39. The highest BCUT2D eigenvalue weighted by molar-refractivity contribution is 8.16. The van der Waals surface area contributed by atoms with Gasteiger partial charge in [0.05, 0.1) is 29.7 Å². The molecule has 2 saturated heterocycles. The summed E-state index contributed by atoms with van der Waals surface area (Å²) in [5.41, 5.74) is 0.599. The molecule has 2 aliphatic heterocycles. The summed E-state index contributed by atoms with van der Waals surface area (Å²) in [5.74, 6) is -2.35. The van der Waals surface area contributed by atoms with Gasteiger partial charge in [0.1, 0.15) is 11.6 Å². The second-order valence-electron chi connectivity index (χ2n) is 6.82. The molecule has 2 aromatic carbocycles. The van der Waals surface area contributed by atoms with Gasteiger partial charge in [-0.3, -0.25) is 4.79 Å². The minimum absolute atomic E-state index is 0.00667. The average molecular weight is 457 g/mol. The maximum atomic E-state index is 14.5. The zero-order valence-electron chi connectivity index (χ0n) is 14.9. The third kappa shape index (κ3) is 4.17. The Labute approximate surface area is 175 Å². The lowest BCUT2D eigenvalue weighted by Gasteiger charge is -2.24. The number of anilines is 1. The number of benzene rings is 2. The van der Waals surface area contributed by atoms with Gasteiger partial charge >= 0.3 is 0 Å². The summed E-state index contributed by atoms with van der Waals surface area (Å²) in [6.45, 7) is 0. The van der Waals surface area contributed by atoms with Crippen molar-refractivity contribution in [2.75, 3.05) is 16.4 Å². The van der Waals surface area contributed by atoms with Crippen LogP contribution in [-0.2, 0) is 21.1 Å². The number of amidine groups is 1. The Hall–Kier alpha value is -1.97. The summed E-state index contributed by atoms with van der Waals surface area (Å²) in [6.07, 6.45) is -0.0445. The molecule has 2 aromatic rings. The average Bonchev–Trinajstić information content (AvgIpc) is 3.08. The highest BCUT2D eigenvalue weighted by atomic mass is 35.5. The summed E-state index contributed by atoms with van der Waals surface area (Å²) >= 11 is 7.21. The maximum Gasteiger partial charge on any atom is 0.252 e. The normalized spacial score (nSPS) is 24.1. The molecule has 29 heavy (non-hydrogen) atoms. The van der Waals surface area contributed by atoms with Crippen molar-refractivity contribution < 1.29 is 22.0 Å². The van der Waals surface area contributed by atoms with Gasteiger partial charge in [0.2, 0.25) is 0 Å². The van der Waals surface area contributed by atoms with Gasteiger partial charge in [0, 0.05) is 16.3 Å². The number of thioether (sulfide) groups is 1. The fourth-order valence-electron chi connectivity index (χ4n) is 3.47. The summed E-state index contributed by atoms with van der Waals surface area (Å²) < 4.78 is 51.9. The number of aliphatic imine (C=N–C) groups is 1. The number of nitrogens with zero attached hydrogens (tertiary/aromatic N) is 2. The maximum absolute atomic E-state index is 14.5. The molecule has 0 N–H and O–H groups in total. The number of amides is 1. The smallest absolute Gasteiger partial charge is 0.252 e. The topological polar surface area (TPSA) is 66.8 Å². The lowest BCUT2D eigenvalue weighted by atomic mass is 10.1. The first kappa shape index (κ1) is 20.3. The van der Waals surface area contributed by atoms with Gasteiger partial charge in [0.15, 0.2) is 15.0 Å². The minimum atomic E-state index is -3.29. The van der Waals surface area contributed by atoms with E-state index in [1.165, 1.54) is 11.0 Å². The van der Waals surface area contributed by atoms with Crippen LogP contribution in [0.3, 0.4) is 0 Å². The fraction of sp³-hybridized carbons (Fsp3) is 0.263. The van der Waals surface area contributed by atoms with E-state index in [-0.39, 0.29) is 34.0 Å². The monoisotopic (exact) mass is 456 g/mol. The molecule has 0 aliphatic carbocycles. The summed E-state index contributed by atoms with van der Waals surface area (Å²) in [6, 6.07) is 9.34. The van der Waals surface area contributed by atoms with Crippen molar-refractivity contribution >= 4 is 50.0 Å². The number of carbonyl (C=O) groups is 1. The van der Waals surface area contributed by atoms with E-state index in [0.717, 1.165) is 23.9 Å². The van der Waals surface area contributed by atoms with Crippen LogP contribution >= 0.6 is 23.4 Å². The number of fused-ring (bicyclic) bond motifs is 1. The van der Waals surface area contributed by atoms with E-state index in [4.69, 9.17) is 11.6 Å². The standard InChI is InChI=1S/C19H15ClF2N2O3S2/c20-13-4-2-1-3-11(13)7-18(25)23-19-24(15-6-5-12(21)8-14(15)22)16-9-29(26,27)10-17(16)28-19/h1-6,8,16-17H,7,9-10H2/t16-,17-/m0/s1. The van der Waals surface area contributed by atoms with Crippen molar-refractivity contribution in [1.82, 2.24) is 0 Å². The number of carbonyl (C=O) groups excluding carboxylic acids is 1. The Bertz CT molecular complexity index is 1120. The fourth-order valence-corrected chi connectivity index (χ4v) is 7.60. The Morgan fingerprint density at radius 3 is 2.69 bits per heavy atom. The molecule has 0 spiro atoms. The molecular weight excluding hydrogens is 442 g/mol. The molecule has 0 saturated carbocycles. The summed E-state index contributed by atoms with van der Waals surface area (Å²) in [5, 5.41) is 0.262. The van der Waals surface area contributed by atoms with E-state index in [1.54, 1.807) is 24.3 Å².